The summed E-state index contributed by atoms with van der Waals surface area (Å²) in [6, 6.07) is 8.78. The van der Waals surface area contributed by atoms with Crippen molar-refractivity contribution in [1.82, 2.24) is 0 Å². The van der Waals surface area contributed by atoms with Crippen molar-refractivity contribution in [3.05, 3.63) is 30.3 Å². The van der Waals surface area contributed by atoms with Crippen LogP contribution in [-0.4, -0.2) is 22.5 Å². The van der Waals surface area contributed by atoms with Crippen LogP contribution in [0.4, 0.5) is 0 Å². The molecule has 4 nitrogen and oxygen atoms in total. The van der Waals surface area contributed by atoms with E-state index in [1.807, 2.05) is 6.07 Å². The molecule has 1 rings (SSSR count). The Morgan fingerprint density at radius 2 is 2.00 bits per heavy atom. The fourth-order valence-corrected chi connectivity index (χ4v) is 0.962. The topological polar surface area (TPSA) is 66.8 Å². The van der Waals surface area contributed by atoms with Crippen molar-refractivity contribution in [2.45, 2.75) is 19.1 Å². The van der Waals surface area contributed by atoms with Gasteiger partial charge in [-0.1, -0.05) is 18.2 Å². The van der Waals surface area contributed by atoms with Crippen LogP contribution in [0.1, 0.15) is 12.8 Å². The number of aliphatic hydroxyl groups excluding tert-OH is 1. The van der Waals surface area contributed by atoms with Crippen molar-refractivity contribution in [3.8, 4) is 5.75 Å². The minimum absolute atomic E-state index is 0.0875. The molecule has 1 unspecified atom stereocenters. The molecule has 2 N–H and O–H groups in total. The number of ether oxygens (including phenoxy) is 1. The van der Waals surface area contributed by atoms with Crippen LogP contribution in [0.25, 0.3) is 0 Å². The molecular weight excluding hydrogens is 184 g/mol. The van der Waals surface area contributed by atoms with Crippen LogP contribution in [0.5, 0.6) is 5.75 Å². The van der Waals surface area contributed by atoms with Crippen molar-refractivity contribution in [2.24, 2.45) is 0 Å². The molecule has 0 amide bonds. The lowest BCUT2D eigenvalue weighted by molar-refractivity contribution is -0.139. The lowest BCUT2D eigenvalue weighted by Gasteiger charge is -2.11. The summed E-state index contributed by atoms with van der Waals surface area (Å²) < 4.78 is 5.06. The first-order valence-electron chi connectivity index (χ1n) is 4.30. The highest BCUT2D eigenvalue weighted by Gasteiger charge is 2.07. The summed E-state index contributed by atoms with van der Waals surface area (Å²) in [6.45, 7) is 0. The Morgan fingerprint density at radius 3 is 2.57 bits per heavy atom. The van der Waals surface area contributed by atoms with Crippen LogP contribution in [0.2, 0.25) is 0 Å². The van der Waals surface area contributed by atoms with Crippen molar-refractivity contribution < 1.29 is 19.7 Å². The summed E-state index contributed by atoms with van der Waals surface area (Å²) in [6.07, 6.45) is -1.08. The van der Waals surface area contributed by atoms with E-state index in [1.54, 1.807) is 24.3 Å². The van der Waals surface area contributed by atoms with Gasteiger partial charge in [-0.25, -0.2) is 0 Å². The number of aliphatic carboxylic acids is 1. The molecule has 0 saturated carbocycles. The molecule has 1 aromatic rings. The monoisotopic (exact) mass is 196 g/mol. The summed E-state index contributed by atoms with van der Waals surface area (Å²) in [5.74, 6) is -0.411. The number of benzene rings is 1. The predicted octanol–water partition coefficient (Wildman–Crippen LogP) is 1.25. The molecule has 14 heavy (non-hydrogen) atoms. The minimum atomic E-state index is -1.06. The maximum atomic E-state index is 10.2. The second-order valence-corrected chi connectivity index (χ2v) is 2.82. The fourth-order valence-electron chi connectivity index (χ4n) is 0.962. The average Bonchev–Trinajstić information content (AvgIpc) is 2.16. The van der Waals surface area contributed by atoms with E-state index >= 15 is 0 Å². The maximum Gasteiger partial charge on any atom is 0.303 e. The Balaban J connectivity index is 2.34. The molecular formula is C10H12O4. The first-order chi connectivity index (χ1) is 6.68. The van der Waals surface area contributed by atoms with Crippen LogP contribution in [0, 0.1) is 0 Å². The van der Waals surface area contributed by atoms with Gasteiger partial charge in [0.25, 0.3) is 0 Å². The predicted molar refractivity (Wildman–Crippen MR) is 49.9 cm³/mol. The molecule has 0 heterocycles. The number of carbonyl (C=O) groups is 1. The number of carboxylic acid groups (broad SMARTS) is 1. The van der Waals surface area contributed by atoms with Crippen molar-refractivity contribution in [2.75, 3.05) is 0 Å². The van der Waals surface area contributed by atoms with Gasteiger partial charge in [-0.3, -0.25) is 4.79 Å². The first-order valence-corrected chi connectivity index (χ1v) is 4.30. The molecule has 4 heteroatoms. The van der Waals surface area contributed by atoms with E-state index in [-0.39, 0.29) is 12.8 Å². The van der Waals surface area contributed by atoms with Gasteiger partial charge >= 0.3 is 5.97 Å². The van der Waals surface area contributed by atoms with Gasteiger partial charge in [0.05, 0.1) is 6.42 Å². The molecule has 0 fully saturated rings. The Hall–Kier alpha value is -1.55. The first kappa shape index (κ1) is 10.5. The van der Waals surface area contributed by atoms with E-state index in [4.69, 9.17) is 9.84 Å². The molecule has 0 aliphatic rings. The van der Waals surface area contributed by atoms with Crippen LogP contribution in [-0.2, 0) is 4.79 Å². The molecule has 0 bridgehead atoms. The Kier molecular flexibility index (Phi) is 3.94. The molecule has 1 aromatic carbocycles. The van der Waals surface area contributed by atoms with Gasteiger partial charge in [-0.15, -0.1) is 0 Å². The van der Waals surface area contributed by atoms with Crippen LogP contribution >= 0.6 is 0 Å². The highest BCUT2D eigenvalue weighted by Crippen LogP contribution is 2.11. The van der Waals surface area contributed by atoms with Crippen LogP contribution in [0.15, 0.2) is 30.3 Å². The zero-order chi connectivity index (χ0) is 10.4. The van der Waals surface area contributed by atoms with Gasteiger partial charge in [0.1, 0.15) is 5.75 Å². The number of rotatable bonds is 5. The molecule has 0 aliphatic carbocycles. The largest absolute Gasteiger partial charge is 0.481 e. The highest BCUT2D eigenvalue weighted by atomic mass is 16.6. The average molecular weight is 196 g/mol. The van der Waals surface area contributed by atoms with Gasteiger partial charge < -0.3 is 14.9 Å². The summed E-state index contributed by atoms with van der Waals surface area (Å²) in [4.78, 5) is 10.2. The quantitative estimate of drug-likeness (QED) is 0.695. The number of aliphatic hydroxyl groups is 1. The normalized spacial score (nSPS) is 12.1. The molecule has 1 atom stereocenters. The summed E-state index contributed by atoms with van der Waals surface area (Å²) in [7, 11) is 0. The second-order valence-electron chi connectivity index (χ2n) is 2.82. The molecule has 0 spiro atoms. The van der Waals surface area contributed by atoms with Crippen molar-refractivity contribution in [1.29, 1.82) is 0 Å². The lowest BCUT2D eigenvalue weighted by atomic mass is 10.3. The Morgan fingerprint density at radius 1 is 1.36 bits per heavy atom. The standard InChI is InChI=1S/C10H12O4/c11-9(12)6-7-10(13)14-8-4-2-1-3-5-8/h1-5,10,13H,6-7H2,(H,11,12). The fraction of sp³-hybridized carbons (Fsp3) is 0.300. The maximum absolute atomic E-state index is 10.2. The van der Waals surface area contributed by atoms with E-state index in [1.165, 1.54) is 0 Å². The van der Waals surface area contributed by atoms with E-state index in [0.717, 1.165) is 0 Å². The second kappa shape index (κ2) is 5.24. The lowest BCUT2D eigenvalue weighted by Crippen LogP contribution is -2.16. The van der Waals surface area contributed by atoms with Gasteiger partial charge in [0.2, 0.25) is 0 Å². The molecule has 0 radical (unpaired) electrons. The van der Waals surface area contributed by atoms with Gasteiger partial charge in [0, 0.05) is 6.42 Å². The SMILES string of the molecule is O=C(O)CCC(O)Oc1ccccc1. The number of carboxylic acids is 1. The minimum Gasteiger partial charge on any atom is -0.481 e. The molecule has 0 saturated heterocycles. The Labute approximate surface area is 81.8 Å². The Bertz CT molecular complexity index is 283. The molecule has 0 aliphatic heterocycles. The zero-order valence-electron chi connectivity index (χ0n) is 7.59. The number of hydrogen-bond donors (Lipinski definition) is 2. The van der Waals surface area contributed by atoms with Crippen LogP contribution in [0.3, 0.4) is 0 Å². The van der Waals surface area contributed by atoms with E-state index in [0.29, 0.717) is 5.75 Å². The van der Waals surface area contributed by atoms with E-state index in [9.17, 15) is 9.90 Å². The van der Waals surface area contributed by atoms with Crippen LogP contribution < -0.4 is 4.74 Å². The van der Waals surface area contributed by atoms with Gasteiger partial charge in [0.15, 0.2) is 6.29 Å². The number of hydrogen-bond acceptors (Lipinski definition) is 3. The molecule has 0 aromatic heterocycles. The van der Waals surface area contributed by atoms with E-state index < -0.39 is 12.3 Å². The molecule has 76 valence electrons. The van der Waals surface area contributed by atoms with Crippen molar-refractivity contribution >= 4 is 5.97 Å². The third-order valence-corrected chi connectivity index (χ3v) is 1.62. The summed E-state index contributed by atoms with van der Waals surface area (Å²) in [5, 5.41) is 17.6. The van der Waals surface area contributed by atoms with E-state index in [2.05, 4.69) is 0 Å². The third-order valence-electron chi connectivity index (χ3n) is 1.62. The van der Waals surface area contributed by atoms with Gasteiger partial charge in [-0.2, -0.15) is 0 Å². The van der Waals surface area contributed by atoms with Gasteiger partial charge in [-0.05, 0) is 12.1 Å². The summed E-state index contributed by atoms with van der Waals surface area (Å²) in [5.41, 5.74) is 0. The number of para-hydroxylation sites is 1. The smallest absolute Gasteiger partial charge is 0.303 e. The summed E-state index contributed by atoms with van der Waals surface area (Å²) >= 11 is 0. The third kappa shape index (κ3) is 3.91. The highest BCUT2D eigenvalue weighted by molar-refractivity contribution is 5.66. The van der Waals surface area contributed by atoms with Crippen molar-refractivity contribution in [3.63, 3.8) is 0 Å². The zero-order valence-corrected chi connectivity index (χ0v) is 7.59.